The zero-order valence-corrected chi connectivity index (χ0v) is 17.6. The molecule has 0 saturated heterocycles. The highest BCUT2D eigenvalue weighted by Gasteiger charge is 2.50. The van der Waals surface area contributed by atoms with E-state index in [2.05, 4.69) is 24.2 Å². The van der Waals surface area contributed by atoms with E-state index in [0.717, 1.165) is 25.7 Å². The van der Waals surface area contributed by atoms with E-state index in [4.69, 9.17) is 5.84 Å². The molecule has 2 fully saturated rings. The Morgan fingerprint density at radius 2 is 1.77 bits per heavy atom. The summed E-state index contributed by atoms with van der Waals surface area (Å²) in [6, 6.07) is 0. The van der Waals surface area contributed by atoms with Crippen LogP contribution in [-0.4, -0.2) is 16.9 Å². The first kappa shape index (κ1) is 21.2. The number of fused-ring (bicyclic) bond motifs is 4. The average molecular weight is 361 g/mol. The number of aliphatic hydroxyl groups excluding tert-OH is 1. The molecule has 5 atom stereocenters. The lowest BCUT2D eigenvalue weighted by Crippen LogP contribution is -2.37. The van der Waals surface area contributed by atoms with Gasteiger partial charge in [0.05, 0.1) is 6.10 Å². The molecule has 2 saturated carbocycles. The quantitative estimate of drug-likeness (QED) is 0.436. The van der Waals surface area contributed by atoms with E-state index in [1.165, 1.54) is 37.0 Å². The number of nitrogens with two attached hydrogens (primary N) is 1. The van der Waals surface area contributed by atoms with Gasteiger partial charge in [0.1, 0.15) is 0 Å². The molecule has 3 N–H and O–H groups in total. The zero-order valence-electron chi connectivity index (χ0n) is 17.6. The SMILES string of the molecule is CC.CC.CC12CC=C3C=C4CC(O)CCC4CCC3C1CC/C2=N\N. The largest absolute Gasteiger partial charge is 0.393 e. The Balaban J connectivity index is 0.000000570. The molecule has 4 aliphatic carbocycles. The summed E-state index contributed by atoms with van der Waals surface area (Å²) in [6.45, 7) is 10.4. The standard InChI is InChI=1S/C19H28N2O.2C2H6/c1-19-9-8-13-10-14-11-15(22)4-2-12(14)3-5-16(13)17(19)6-7-18(19)21-20;2*1-2/h8,10,12,15-17,22H,2-7,9,11,20H2,1H3;2*1-2H3/b21-18+;;. The Bertz CT molecular complexity index is 563. The summed E-state index contributed by atoms with van der Waals surface area (Å²) in [6.07, 6.45) is 13.8. The van der Waals surface area contributed by atoms with Crippen molar-refractivity contribution >= 4 is 5.71 Å². The van der Waals surface area contributed by atoms with Crippen LogP contribution in [0.4, 0.5) is 0 Å². The molecule has 0 aromatic carbocycles. The molecule has 0 heterocycles. The van der Waals surface area contributed by atoms with Crippen molar-refractivity contribution in [1.29, 1.82) is 0 Å². The van der Waals surface area contributed by atoms with Gasteiger partial charge in [0.15, 0.2) is 0 Å². The topological polar surface area (TPSA) is 58.6 Å². The molecular weight excluding hydrogens is 320 g/mol. The van der Waals surface area contributed by atoms with Crippen molar-refractivity contribution in [1.82, 2.24) is 0 Å². The summed E-state index contributed by atoms with van der Waals surface area (Å²) < 4.78 is 0. The van der Waals surface area contributed by atoms with Gasteiger partial charge in [0, 0.05) is 11.1 Å². The number of rotatable bonds is 0. The van der Waals surface area contributed by atoms with Crippen molar-refractivity contribution in [2.75, 3.05) is 0 Å². The lowest BCUT2D eigenvalue weighted by molar-refractivity contribution is 0.132. The maximum Gasteiger partial charge on any atom is 0.0577 e. The van der Waals surface area contributed by atoms with Crippen LogP contribution >= 0.6 is 0 Å². The maximum atomic E-state index is 10.0. The van der Waals surface area contributed by atoms with Gasteiger partial charge < -0.3 is 10.9 Å². The Morgan fingerprint density at radius 3 is 2.46 bits per heavy atom. The summed E-state index contributed by atoms with van der Waals surface area (Å²) in [5.74, 6) is 7.76. The fourth-order valence-corrected chi connectivity index (χ4v) is 5.71. The molecule has 0 aromatic rings. The predicted octanol–water partition coefficient (Wildman–Crippen LogP) is 5.60. The first-order chi connectivity index (χ1) is 12.6. The third-order valence-corrected chi connectivity index (χ3v) is 7.02. The molecule has 3 heteroatoms. The van der Waals surface area contributed by atoms with Crippen molar-refractivity contribution < 1.29 is 5.11 Å². The van der Waals surface area contributed by atoms with Gasteiger partial charge in [0.25, 0.3) is 0 Å². The average Bonchev–Trinajstić information content (AvgIpc) is 2.90. The molecule has 4 rings (SSSR count). The van der Waals surface area contributed by atoms with Crippen molar-refractivity contribution in [2.45, 2.75) is 92.1 Å². The van der Waals surface area contributed by atoms with Gasteiger partial charge in [-0.25, -0.2) is 0 Å². The number of hydrogen-bond acceptors (Lipinski definition) is 3. The molecule has 5 unspecified atom stereocenters. The summed E-state index contributed by atoms with van der Waals surface area (Å²) in [4.78, 5) is 0. The van der Waals surface area contributed by atoms with Crippen molar-refractivity contribution in [3.8, 4) is 0 Å². The minimum atomic E-state index is -0.115. The van der Waals surface area contributed by atoms with Crippen LogP contribution in [0.5, 0.6) is 0 Å². The third-order valence-electron chi connectivity index (χ3n) is 7.02. The van der Waals surface area contributed by atoms with Crippen molar-refractivity contribution in [3.63, 3.8) is 0 Å². The molecule has 0 aliphatic heterocycles. The molecule has 0 bridgehead atoms. The Hall–Kier alpha value is -1.09. The monoisotopic (exact) mass is 360 g/mol. The van der Waals surface area contributed by atoms with Crippen LogP contribution in [0, 0.1) is 23.2 Å². The van der Waals surface area contributed by atoms with Gasteiger partial charge in [0.2, 0.25) is 0 Å². The van der Waals surface area contributed by atoms with Gasteiger partial charge in [-0.15, -0.1) is 0 Å². The van der Waals surface area contributed by atoms with Crippen LogP contribution in [0.25, 0.3) is 0 Å². The van der Waals surface area contributed by atoms with Crippen LogP contribution in [0.1, 0.15) is 86.0 Å². The second-order valence-corrected chi connectivity index (χ2v) is 8.08. The highest BCUT2D eigenvalue weighted by Crippen LogP contribution is 2.55. The van der Waals surface area contributed by atoms with Crippen LogP contribution in [0.2, 0.25) is 0 Å². The molecule has 26 heavy (non-hydrogen) atoms. The number of nitrogens with zero attached hydrogens (tertiary/aromatic N) is 1. The van der Waals surface area contributed by atoms with E-state index in [1.807, 2.05) is 27.7 Å². The van der Waals surface area contributed by atoms with Gasteiger partial charge in [-0.05, 0) is 74.7 Å². The second kappa shape index (κ2) is 9.21. The number of hydrazone groups is 1. The maximum absolute atomic E-state index is 10.0. The van der Waals surface area contributed by atoms with Gasteiger partial charge in [-0.2, -0.15) is 5.10 Å². The fraction of sp³-hybridized carbons (Fsp3) is 0.783. The molecule has 0 spiro atoms. The molecule has 4 aliphatic rings. The Kier molecular flexibility index (Phi) is 7.52. The number of hydrogen-bond donors (Lipinski definition) is 2. The third kappa shape index (κ3) is 3.78. The predicted molar refractivity (Wildman–Crippen MR) is 112 cm³/mol. The normalized spacial score (nSPS) is 39.5. The molecule has 3 nitrogen and oxygen atoms in total. The number of allylic oxidation sites excluding steroid dienone is 3. The molecule has 0 aromatic heterocycles. The van der Waals surface area contributed by atoms with Gasteiger partial charge >= 0.3 is 0 Å². The highest BCUT2D eigenvalue weighted by molar-refractivity contribution is 5.92. The van der Waals surface area contributed by atoms with Gasteiger partial charge in [-0.1, -0.05) is 52.3 Å². The molecule has 0 radical (unpaired) electrons. The Morgan fingerprint density at radius 1 is 1.08 bits per heavy atom. The van der Waals surface area contributed by atoms with E-state index in [1.54, 1.807) is 5.57 Å². The first-order valence-corrected chi connectivity index (χ1v) is 11.0. The van der Waals surface area contributed by atoms with Gasteiger partial charge in [-0.3, -0.25) is 0 Å². The highest BCUT2D eigenvalue weighted by atomic mass is 16.3. The van der Waals surface area contributed by atoms with E-state index in [-0.39, 0.29) is 11.5 Å². The van der Waals surface area contributed by atoms with E-state index in [0.29, 0.717) is 17.8 Å². The van der Waals surface area contributed by atoms with Crippen LogP contribution in [0.3, 0.4) is 0 Å². The smallest absolute Gasteiger partial charge is 0.0577 e. The lowest BCUT2D eigenvalue weighted by atomic mass is 9.63. The number of aliphatic hydroxyl groups is 1. The van der Waals surface area contributed by atoms with Crippen LogP contribution in [0.15, 0.2) is 28.4 Å². The second-order valence-electron chi connectivity index (χ2n) is 8.08. The van der Waals surface area contributed by atoms with Crippen molar-refractivity contribution in [3.05, 3.63) is 23.3 Å². The van der Waals surface area contributed by atoms with Crippen LogP contribution in [-0.2, 0) is 0 Å². The lowest BCUT2D eigenvalue weighted by Gasteiger charge is -2.41. The summed E-state index contributed by atoms with van der Waals surface area (Å²) >= 11 is 0. The minimum Gasteiger partial charge on any atom is -0.393 e. The Labute approximate surface area is 160 Å². The van der Waals surface area contributed by atoms with Crippen molar-refractivity contribution in [2.24, 2.45) is 34.1 Å². The van der Waals surface area contributed by atoms with E-state index >= 15 is 0 Å². The fourth-order valence-electron chi connectivity index (χ4n) is 5.71. The summed E-state index contributed by atoms with van der Waals surface area (Å²) in [5.41, 5.74) is 4.49. The van der Waals surface area contributed by atoms with E-state index < -0.39 is 0 Å². The van der Waals surface area contributed by atoms with Crippen LogP contribution < -0.4 is 5.84 Å². The molecule has 148 valence electrons. The summed E-state index contributed by atoms with van der Waals surface area (Å²) in [5, 5.41) is 14.1. The first-order valence-electron chi connectivity index (χ1n) is 11.0. The molecule has 0 amide bonds. The zero-order chi connectivity index (χ0) is 19.3. The van der Waals surface area contributed by atoms with E-state index in [9.17, 15) is 5.11 Å². The summed E-state index contributed by atoms with van der Waals surface area (Å²) in [7, 11) is 0. The molecular formula is C23H40N2O. The minimum absolute atomic E-state index is 0.115.